The van der Waals surface area contributed by atoms with Gasteiger partial charge in [-0.2, -0.15) is 8.78 Å². The minimum atomic E-state index is -3.53. The summed E-state index contributed by atoms with van der Waals surface area (Å²) in [6, 6.07) is 0. The lowest BCUT2D eigenvalue weighted by molar-refractivity contribution is -0.290. The molecule has 1 aliphatic rings. The second-order valence-electron chi connectivity index (χ2n) is 2.02. The molecule has 1 atom stereocenters. The fourth-order valence-electron chi connectivity index (χ4n) is 0.729. The van der Waals surface area contributed by atoms with E-state index < -0.39 is 12.3 Å². The highest BCUT2D eigenvalue weighted by Crippen LogP contribution is 2.30. The minimum absolute atomic E-state index is 0.0343. The summed E-state index contributed by atoms with van der Waals surface area (Å²) in [4.78, 5) is 0. The van der Waals surface area contributed by atoms with E-state index in [1.165, 1.54) is 0 Å². The summed E-state index contributed by atoms with van der Waals surface area (Å²) in [5.74, 6) is 0. The van der Waals surface area contributed by atoms with Crippen molar-refractivity contribution in [2.24, 2.45) is 0 Å². The van der Waals surface area contributed by atoms with Crippen LogP contribution in [0.4, 0.5) is 13.2 Å². The Balaban J connectivity index is 2.49. The predicted molar refractivity (Wildman–Crippen MR) is 25.0 cm³/mol. The topological polar surface area (TPSA) is 9.23 Å². The summed E-state index contributed by atoms with van der Waals surface area (Å²) in [5.41, 5.74) is 0. The SMILES string of the molecule is FC1CCCOC1(F)F. The van der Waals surface area contributed by atoms with Gasteiger partial charge in [0, 0.05) is 0 Å². The van der Waals surface area contributed by atoms with Gasteiger partial charge in [0.1, 0.15) is 0 Å². The molecule has 0 bridgehead atoms. The maximum absolute atomic E-state index is 12.1. The molecule has 0 amide bonds. The first kappa shape index (κ1) is 6.86. The highest BCUT2D eigenvalue weighted by molar-refractivity contribution is 4.71. The number of alkyl halides is 3. The number of ether oxygens (including phenoxy) is 1. The second-order valence-corrected chi connectivity index (χ2v) is 2.02. The fourth-order valence-corrected chi connectivity index (χ4v) is 0.729. The Morgan fingerprint density at radius 3 is 2.44 bits per heavy atom. The third kappa shape index (κ3) is 1.36. The monoisotopic (exact) mass is 140 g/mol. The van der Waals surface area contributed by atoms with Crippen LogP contribution < -0.4 is 0 Å². The van der Waals surface area contributed by atoms with Gasteiger partial charge in [-0.1, -0.05) is 0 Å². The zero-order valence-electron chi connectivity index (χ0n) is 4.74. The average molecular weight is 140 g/mol. The number of rotatable bonds is 0. The van der Waals surface area contributed by atoms with Gasteiger partial charge in [-0.25, -0.2) is 4.39 Å². The average Bonchev–Trinajstić information content (AvgIpc) is 1.77. The molecule has 1 fully saturated rings. The van der Waals surface area contributed by atoms with Gasteiger partial charge >= 0.3 is 6.11 Å². The van der Waals surface area contributed by atoms with Gasteiger partial charge < -0.3 is 4.74 Å². The van der Waals surface area contributed by atoms with Gasteiger partial charge in [0.25, 0.3) is 0 Å². The van der Waals surface area contributed by atoms with Crippen LogP contribution in [0.2, 0.25) is 0 Å². The van der Waals surface area contributed by atoms with E-state index in [0.29, 0.717) is 6.42 Å². The first-order valence-corrected chi connectivity index (χ1v) is 2.79. The lowest BCUT2D eigenvalue weighted by Gasteiger charge is -2.24. The fraction of sp³-hybridized carbons (Fsp3) is 1.00. The molecule has 1 aliphatic heterocycles. The normalized spacial score (nSPS) is 34.3. The Kier molecular flexibility index (Phi) is 1.66. The van der Waals surface area contributed by atoms with Crippen molar-refractivity contribution in [3.8, 4) is 0 Å². The zero-order chi connectivity index (χ0) is 6.91. The summed E-state index contributed by atoms with van der Waals surface area (Å²) in [7, 11) is 0. The van der Waals surface area contributed by atoms with Crippen LogP contribution in [0.1, 0.15) is 12.8 Å². The van der Waals surface area contributed by atoms with Gasteiger partial charge in [-0.05, 0) is 12.8 Å². The Bertz CT molecular complexity index is 104. The van der Waals surface area contributed by atoms with Gasteiger partial charge in [0.15, 0.2) is 6.17 Å². The van der Waals surface area contributed by atoms with Crippen LogP contribution >= 0.6 is 0 Å². The number of halogens is 3. The van der Waals surface area contributed by atoms with Crippen molar-refractivity contribution in [1.82, 2.24) is 0 Å². The van der Waals surface area contributed by atoms with Gasteiger partial charge in [0.2, 0.25) is 0 Å². The van der Waals surface area contributed by atoms with Crippen molar-refractivity contribution in [3.63, 3.8) is 0 Å². The molecule has 1 saturated heterocycles. The third-order valence-electron chi connectivity index (χ3n) is 1.26. The van der Waals surface area contributed by atoms with Crippen molar-refractivity contribution in [2.75, 3.05) is 6.61 Å². The summed E-state index contributed by atoms with van der Waals surface area (Å²) in [6.45, 7) is -0.0343. The highest BCUT2D eigenvalue weighted by Gasteiger charge is 2.43. The van der Waals surface area contributed by atoms with E-state index in [1.54, 1.807) is 0 Å². The first-order valence-electron chi connectivity index (χ1n) is 2.79. The molecule has 54 valence electrons. The molecule has 1 unspecified atom stereocenters. The lowest BCUT2D eigenvalue weighted by atomic mass is 10.2. The molecule has 9 heavy (non-hydrogen) atoms. The Hall–Kier alpha value is -0.250. The van der Waals surface area contributed by atoms with Crippen LogP contribution in [0.25, 0.3) is 0 Å². The van der Waals surface area contributed by atoms with Gasteiger partial charge in [-0.3, -0.25) is 0 Å². The molecule has 4 heteroatoms. The van der Waals surface area contributed by atoms with Crippen molar-refractivity contribution in [1.29, 1.82) is 0 Å². The summed E-state index contributed by atoms with van der Waals surface area (Å²) >= 11 is 0. The molecular weight excluding hydrogens is 133 g/mol. The molecule has 0 aromatic heterocycles. The third-order valence-corrected chi connectivity index (χ3v) is 1.26. The standard InChI is InChI=1S/C5H7F3O/c6-4-2-1-3-9-5(4,7)8/h4H,1-3H2. The van der Waals surface area contributed by atoms with Crippen LogP contribution in [0, 0.1) is 0 Å². The quantitative estimate of drug-likeness (QED) is 0.497. The molecule has 1 rings (SSSR count). The van der Waals surface area contributed by atoms with E-state index in [4.69, 9.17) is 0 Å². The highest BCUT2D eigenvalue weighted by atomic mass is 19.3. The van der Waals surface area contributed by atoms with Crippen LogP contribution in [0.3, 0.4) is 0 Å². The second kappa shape index (κ2) is 2.17. The molecule has 0 aromatic carbocycles. The largest absolute Gasteiger partial charge is 0.386 e. The van der Waals surface area contributed by atoms with E-state index in [0.717, 1.165) is 0 Å². The van der Waals surface area contributed by atoms with E-state index in [1.807, 2.05) is 0 Å². The maximum Gasteiger partial charge on any atom is 0.386 e. The van der Waals surface area contributed by atoms with Crippen molar-refractivity contribution < 1.29 is 17.9 Å². The van der Waals surface area contributed by atoms with E-state index in [-0.39, 0.29) is 13.0 Å². The first-order chi connectivity index (χ1) is 4.13. The van der Waals surface area contributed by atoms with Gasteiger partial charge in [0.05, 0.1) is 6.61 Å². The lowest BCUT2D eigenvalue weighted by Crippen LogP contribution is -2.37. The van der Waals surface area contributed by atoms with E-state index in [2.05, 4.69) is 4.74 Å². The van der Waals surface area contributed by atoms with Crippen LogP contribution in [-0.4, -0.2) is 18.9 Å². The van der Waals surface area contributed by atoms with Crippen LogP contribution in [-0.2, 0) is 4.74 Å². The van der Waals surface area contributed by atoms with E-state index >= 15 is 0 Å². The van der Waals surface area contributed by atoms with Gasteiger partial charge in [-0.15, -0.1) is 0 Å². The summed E-state index contributed by atoms with van der Waals surface area (Å²) in [5, 5.41) is 0. The summed E-state index contributed by atoms with van der Waals surface area (Å²) < 4.78 is 40.0. The minimum Gasteiger partial charge on any atom is -0.318 e. The molecule has 0 aromatic rings. The predicted octanol–water partition coefficient (Wildman–Crippen LogP) is 1.73. The molecule has 0 spiro atoms. The smallest absolute Gasteiger partial charge is 0.318 e. The zero-order valence-corrected chi connectivity index (χ0v) is 4.74. The molecule has 1 heterocycles. The molecule has 0 aliphatic carbocycles. The van der Waals surface area contributed by atoms with Crippen LogP contribution in [0.15, 0.2) is 0 Å². The van der Waals surface area contributed by atoms with E-state index in [9.17, 15) is 13.2 Å². The Morgan fingerprint density at radius 2 is 2.11 bits per heavy atom. The molecule has 0 radical (unpaired) electrons. The van der Waals surface area contributed by atoms with Crippen molar-refractivity contribution >= 4 is 0 Å². The molecule has 0 saturated carbocycles. The van der Waals surface area contributed by atoms with Crippen molar-refractivity contribution in [2.45, 2.75) is 25.1 Å². The molecule has 1 nitrogen and oxygen atoms in total. The van der Waals surface area contributed by atoms with Crippen molar-refractivity contribution in [3.05, 3.63) is 0 Å². The number of hydrogen-bond donors (Lipinski definition) is 0. The molecular formula is C5H7F3O. The number of hydrogen-bond acceptors (Lipinski definition) is 1. The Labute approximate surface area is 50.8 Å². The maximum atomic E-state index is 12.1. The van der Waals surface area contributed by atoms with Crippen LogP contribution in [0.5, 0.6) is 0 Å². The molecule has 0 N–H and O–H groups in total. The Morgan fingerprint density at radius 1 is 1.44 bits per heavy atom. The summed E-state index contributed by atoms with van der Waals surface area (Å²) in [6.07, 6.45) is -5.34.